The molecule has 106 valence electrons. The second-order valence-electron chi connectivity index (χ2n) is 4.22. The molecule has 0 amide bonds. The number of halogens is 3. The molecule has 2 aromatic rings. The van der Waals surface area contributed by atoms with Gasteiger partial charge in [-0.15, -0.1) is 0 Å². The Morgan fingerprint density at radius 2 is 1.80 bits per heavy atom. The largest absolute Gasteiger partial charge is 0.399 e. The summed E-state index contributed by atoms with van der Waals surface area (Å²) in [6.45, 7) is 0. The number of rotatable bonds is 3. The lowest BCUT2D eigenvalue weighted by molar-refractivity contribution is 0.583. The molecule has 0 aliphatic rings. The molecule has 0 spiro atoms. The van der Waals surface area contributed by atoms with Gasteiger partial charge in [-0.05, 0) is 36.4 Å². The van der Waals surface area contributed by atoms with E-state index in [4.69, 9.17) is 5.73 Å². The molecule has 0 aliphatic carbocycles. The molecule has 0 bridgehead atoms. The number of hydrogen-bond donors (Lipinski definition) is 1. The number of nitrogen functional groups attached to an aromatic ring is 1. The predicted molar refractivity (Wildman–Crippen MR) is 75.8 cm³/mol. The lowest BCUT2D eigenvalue weighted by Gasteiger charge is -2.07. The van der Waals surface area contributed by atoms with E-state index in [1.165, 1.54) is 12.1 Å². The Morgan fingerprint density at radius 3 is 2.45 bits per heavy atom. The minimum Gasteiger partial charge on any atom is -0.399 e. The highest BCUT2D eigenvalue weighted by atomic mass is 79.9. The van der Waals surface area contributed by atoms with Gasteiger partial charge in [0.2, 0.25) is 0 Å². The normalized spacial score (nSPS) is 11.6. The van der Waals surface area contributed by atoms with Crippen molar-refractivity contribution >= 4 is 31.5 Å². The van der Waals surface area contributed by atoms with E-state index in [-0.39, 0.29) is 16.1 Å². The molecular formula is C13H10BrF2NO2S. The molecular weight excluding hydrogens is 352 g/mol. The molecule has 20 heavy (non-hydrogen) atoms. The van der Waals surface area contributed by atoms with E-state index in [1.807, 2.05) is 0 Å². The van der Waals surface area contributed by atoms with Gasteiger partial charge in [0.05, 0.1) is 10.6 Å². The summed E-state index contributed by atoms with van der Waals surface area (Å²) in [4.78, 5) is -0.269. The maximum absolute atomic E-state index is 13.6. The molecule has 0 fully saturated rings. The summed E-state index contributed by atoms with van der Waals surface area (Å²) in [7, 11) is -3.88. The van der Waals surface area contributed by atoms with Crippen molar-refractivity contribution < 1.29 is 17.2 Å². The molecule has 0 atom stereocenters. The molecule has 0 heterocycles. The van der Waals surface area contributed by atoms with Crippen molar-refractivity contribution in [1.82, 2.24) is 0 Å². The molecule has 0 aromatic heterocycles. The molecule has 0 saturated carbocycles. The van der Waals surface area contributed by atoms with Crippen molar-refractivity contribution in [1.29, 1.82) is 0 Å². The standard InChI is InChI=1S/C13H10BrF2NO2S/c14-9-1-2-13(16)8(3-9)7-20(18,19)12-5-10(15)4-11(17)6-12/h1-6H,7,17H2. The van der Waals surface area contributed by atoms with Crippen LogP contribution in [0.5, 0.6) is 0 Å². The van der Waals surface area contributed by atoms with Crippen LogP contribution in [0.25, 0.3) is 0 Å². The first-order chi connectivity index (χ1) is 9.28. The van der Waals surface area contributed by atoms with Crippen LogP contribution >= 0.6 is 15.9 Å². The fraction of sp³-hybridized carbons (Fsp3) is 0.0769. The second kappa shape index (κ2) is 5.49. The van der Waals surface area contributed by atoms with Gasteiger partial charge in [0.15, 0.2) is 9.84 Å². The van der Waals surface area contributed by atoms with Crippen molar-refractivity contribution in [2.45, 2.75) is 10.6 Å². The minimum absolute atomic E-state index is 0.00158. The van der Waals surface area contributed by atoms with Crippen LogP contribution in [0, 0.1) is 11.6 Å². The zero-order valence-electron chi connectivity index (χ0n) is 10.1. The SMILES string of the molecule is Nc1cc(F)cc(S(=O)(=O)Cc2cc(Br)ccc2F)c1. The van der Waals surface area contributed by atoms with Crippen LogP contribution in [-0.4, -0.2) is 8.42 Å². The van der Waals surface area contributed by atoms with E-state index in [1.54, 1.807) is 0 Å². The summed E-state index contributed by atoms with van der Waals surface area (Å²) in [6.07, 6.45) is 0. The summed E-state index contributed by atoms with van der Waals surface area (Å²) in [5.74, 6) is -1.96. The number of benzene rings is 2. The molecule has 0 saturated heterocycles. The van der Waals surface area contributed by atoms with Gasteiger partial charge in [-0.1, -0.05) is 15.9 Å². The molecule has 3 nitrogen and oxygen atoms in total. The van der Waals surface area contributed by atoms with Gasteiger partial charge in [-0.2, -0.15) is 0 Å². The first kappa shape index (κ1) is 14.9. The Labute approximate surface area is 123 Å². The van der Waals surface area contributed by atoms with Crippen molar-refractivity contribution in [2.75, 3.05) is 5.73 Å². The molecule has 0 aliphatic heterocycles. The summed E-state index contributed by atoms with van der Waals surface area (Å²) in [5, 5.41) is 0. The fourth-order valence-corrected chi connectivity index (χ4v) is 3.52. The second-order valence-corrected chi connectivity index (χ2v) is 7.12. The highest BCUT2D eigenvalue weighted by Gasteiger charge is 2.19. The maximum Gasteiger partial charge on any atom is 0.182 e. The van der Waals surface area contributed by atoms with Crippen LogP contribution in [0.1, 0.15) is 5.56 Å². The lowest BCUT2D eigenvalue weighted by Crippen LogP contribution is -2.07. The molecule has 2 rings (SSSR count). The van der Waals surface area contributed by atoms with Crippen molar-refractivity contribution in [3.8, 4) is 0 Å². The van der Waals surface area contributed by atoms with Crippen LogP contribution in [0.3, 0.4) is 0 Å². The zero-order chi connectivity index (χ0) is 14.9. The third kappa shape index (κ3) is 3.34. The maximum atomic E-state index is 13.6. The van der Waals surface area contributed by atoms with Crippen LogP contribution in [0.15, 0.2) is 45.8 Å². The van der Waals surface area contributed by atoms with E-state index >= 15 is 0 Å². The Balaban J connectivity index is 2.43. The zero-order valence-corrected chi connectivity index (χ0v) is 12.5. The van der Waals surface area contributed by atoms with Gasteiger partial charge in [0.25, 0.3) is 0 Å². The van der Waals surface area contributed by atoms with Gasteiger partial charge in [-0.3, -0.25) is 0 Å². The first-order valence-electron chi connectivity index (χ1n) is 5.51. The van der Waals surface area contributed by atoms with E-state index in [2.05, 4.69) is 15.9 Å². The van der Waals surface area contributed by atoms with E-state index in [9.17, 15) is 17.2 Å². The summed E-state index contributed by atoms with van der Waals surface area (Å²) >= 11 is 3.14. The first-order valence-corrected chi connectivity index (χ1v) is 7.95. The highest BCUT2D eigenvalue weighted by molar-refractivity contribution is 9.10. The molecule has 0 unspecified atom stereocenters. The molecule has 7 heteroatoms. The quantitative estimate of drug-likeness (QED) is 0.853. The summed E-state index contributed by atoms with van der Waals surface area (Å²) in [5.41, 5.74) is 5.42. The predicted octanol–water partition coefficient (Wildman–Crippen LogP) is 3.28. The Bertz CT molecular complexity index is 743. The van der Waals surface area contributed by atoms with Gasteiger partial charge in [0, 0.05) is 15.7 Å². The number of sulfone groups is 1. The molecule has 2 aromatic carbocycles. The van der Waals surface area contributed by atoms with Crippen LogP contribution in [-0.2, 0) is 15.6 Å². The van der Waals surface area contributed by atoms with E-state index in [0.717, 1.165) is 24.3 Å². The Kier molecular flexibility index (Phi) is 4.10. The van der Waals surface area contributed by atoms with Crippen molar-refractivity contribution in [3.05, 3.63) is 58.1 Å². The molecule has 0 radical (unpaired) electrons. The number of hydrogen-bond acceptors (Lipinski definition) is 3. The van der Waals surface area contributed by atoms with Crippen molar-refractivity contribution in [3.63, 3.8) is 0 Å². The average Bonchev–Trinajstić information content (AvgIpc) is 2.32. The number of anilines is 1. The third-order valence-electron chi connectivity index (χ3n) is 2.61. The topological polar surface area (TPSA) is 60.2 Å². The smallest absolute Gasteiger partial charge is 0.182 e. The minimum atomic E-state index is -3.88. The van der Waals surface area contributed by atoms with Gasteiger partial charge >= 0.3 is 0 Å². The summed E-state index contributed by atoms with van der Waals surface area (Å²) in [6, 6.07) is 7.02. The van der Waals surface area contributed by atoms with E-state index in [0.29, 0.717) is 4.47 Å². The van der Waals surface area contributed by atoms with Gasteiger partial charge in [-0.25, -0.2) is 17.2 Å². The fourth-order valence-electron chi connectivity index (χ4n) is 1.71. The highest BCUT2D eigenvalue weighted by Crippen LogP contribution is 2.23. The molecule has 2 N–H and O–H groups in total. The van der Waals surface area contributed by atoms with Crippen LogP contribution < -0.4 is 5.73 Å². The van der Waals surface area contributed by atoms with Crippen molar-refractivity contribution in [2.24, 2.45) is 0 Å². The monoisotopic (exact) mass is 361 g/mol. The lowest BCUT2D eigenvalue weighted by atomic mass is 10.2. The Hall–Kier alpha value is -1.47. The average molecular weight is 362 g/mol. The summed E-state index contributed by atoms with van der Waals surface area (Å²) < 4.78 is 51.7. The number of nitrogens with two attached hydrogens (primary N) is 1. The van der Waals surface area contributed by atoms with Crippen LogP contribution in [0.4, 0.5) is 14.5 Å². The van der Waals surface area contributed by atoms with Gasteiger partial charge in [0.1, 0.15) is 11.6 Å². The van der Waals surface area contributed by atoms with Gasteiger partial charge < -0.3 is 5.73 Å². The van der Waals surface area contributed by atoms with E-state index < -0.39 is 27.2 Å². The third-order valence-corrected chi connectivity index (χ3v) is 4.74. The Morgan fingerprint density at radius 1 is 1.10 bits per heavy atom. The van der Waals surface area contributed by atoms with Crippen LogP contribution in [0.2, 0.25) is 0 Å².